The number of pyridine rings is 1. The Morgan fingerprint density at radius 2 is 2.00 bits per heavy atom. The van der Waals surface area contributed by atoms with Gasteiger partial charge in [-0.05, 0) is 29.8 Å². The van der Waals surface area contributed by atoms with Crippen molar-refractivity contribution >= 4 is 5.91 Å². The number of aliphatic hydroxyl groups is 1. The van der Waals surface area contributed by atoms with E-state index in [-0.39, 0.29) is 12.5 Å². The molecule has 0 radical (unpaired) electrons. The number of aliphatic hydroxyl groups excluding tert-OH is 1. The summed E-state index contributed by atoms with van der Waals surface area (Å²) in [5.41, 5.74) is 4.25. The van der Waals surface area contributed by atoms with Crippen LogP contribution in [0.4, 0.5) is 0 Å². The molecule has 2 heterocycles. The first-order valence-electron chi connectivity index (χ1n) is 7.61. The van der Waals surface area contributed by atoms with Gasteiger partial charge in [-0.15, -0.1) is 0 Å². The summed E-state index contributed by atoms with van der Waals surface area (Å²) in [6.45, 7) is 0.240. The summed E-state index contributed by atoms with van der Waals surface area (Å²) < 4.78 is 0. The number of rotatable bonds is 5. The van der Waals surface area contributed by atoms with Crippen LogP contribution in [0, 0.1) is 0 Å². The Morgan fingerprint density at radius 1 is 1.21 bits per heavy atom. The molecule has 24 heavy (non-hydrogen) atoms. The molecule has 2 aromatic heterocycles. The van der Waals surface area contributed by atoms with Crippen LogP contribution in [0.2, 0.25) is 0 Å². The van der Waals surface area contributed by atoms with Gasteiger partial charge in [0, 0.05) is 42.7 Å². The second kappa shape index (κ2) is 7.06. The molecule has 3 aromatic rings. The minimum absolute atomic E-state index is 0.0608. The molecule has 0 atom stereocenters. The highest BCUT2D eigenvalue weighted by atomic mass is 16.3. The maximum absolute atomic E-state index is 12.4. The summed E-state index contributed by atoms with van der Waals surface area (Å²) in [5, 5.41) is 16.1. The summed E-state index contributed by atoms with van der Waals surface area (Å²) in [5.74, 6) is -0.129. The van der Waals surface area contributed by atoms with E-state index in [0.29, 0.717) is 12.1 Å². The number of aromatic amines is 1. The number of nitrogens with one attached hydrogen (secondary N) is 1. The largest absolute Gasteiger partial charge is 0.395 e. The number of amides is 1. The zero-order chi connectivity index (χ0) is 16.9. The zero-order valence-electron chi connectivity index (χ0n) is 13.3. The molecule has 0 spiro atoms. The summed E-state index contributed by atoms with van der Waals surface area (Å²) in [7, 11) is 1.67. The van der Waals surface area contributed by atoms with Crippen molar-refractivity contribution in [3.8, 4) is 22.4 Å². The highest BCUT2D eigenvalue weighted by Crippen LogP contribution is 2.30. The molecule has 6 nitrogen and oxygen atoms in total. The van der Waals surface area contributed by atoms with Gasteiger partial charge in [0.2, 0.25) is 0 Å². The molecule has 0 aliphatic carbocycles. The number of nitrogens with zero attached hydrogens (tertiary/aromatic N) is 3. The van der Waals surface area contributed by atoms with Crippen molar-refractivity contribution in [1.82, 2.24) is 20.1 Å². The second-order valence-electron chi connectivity index (χ2n) is 5.43. The molecule has 6 heteroatoms. The lowest BCUT2D eigenvalue weighted by molar-refractivity contribution is 0.0767. The van der Waals surface area contributed by atoms with Crippen molar-refractivity contribution in [3.05, 3.63) is 60.6 Å². The first kappa shape index (κ1) is 15.9. The average molecular weight is 322 g/mol. The number of H-pyrrole nitrogens is 1. The average Bonchev–Trinajstić information content (AvgIpc) is 3.12. The standard InChI is InChI=1S/C18H18N4O2/c1-22(9-10-23)18(24)15-4-2-3-14(11-15)17-16(12-20-21-17)13-5-7-19-8-6-13/h2-8,11-12,23H,9-10H2,1H3,(H,20,21). The normalized spacial score (nSPS) is 10.6. The fourth-order valence-corrected chi connectivity index (χ4v) is 2.54. The Bertz CT molecular complexity index is 830. The summed E-state index contributed by atoms with van der Waals surface area (Å²) >= 11 is 0. The summed E-state index contributed by atoms with van der Waals surface area (Å²) in [4.78, 5) is 17.9. The van der Waals surface area contributed by atoms with E-state index in [2.05, 4.69) is 15.2 Å². The molecule has 0 unspecified atom stereocenters. The minimum atomic E-state index is -0.129. The van der Waals surface area contributed by atoms with Gasteiger partial charge in [-0.25, -0.2) is 0 Å². The van der Waals surface area contributed by atoms with Gasteiger partial charge in [0.25, 0.3) is 5.91 Å². The third-order valence-electron chi connectivity index (χ3n) is 3.81. The lowest BCUT2D eigenvalue weighted by atomic mass is 10.0. The van der Waals surface area contributed by atoms with Crippen LogP contribution in [-0.2, 0) is 0 Å². The van der Waals surface area contributed by atoms with Gasteiger partial charge in [-0.1, -0.05) is 12.1 Å². The maximum Gasteiger partial charge on any atom is 0.253 e. The molecule has 2 N–H and O–H groups in total. The second-order valence-corrected chi connectivity index (χ2v) is 5.43. The number of carbonyl (C=O) groups excluding carboxylic acids is 1. The number of hydrogen-bond acceptors (Lipinski definition) is 4. The first-order chi connectivity index (χ1) is 11.7. The monoisotopic (exact) mass is 322 g/mol. The molecular formula is C18H18N4O2. The number of hydrogen-bond donors (Lipinski definition) is 2. The molecular weight excluding hydrogens is 304 g/mol. The maximum atomic E-state index is 12.4. The Labute approximate surface area is 139 Å². The van der Waals surface area contributed by atoms with E-state index < -0.39 is 0 Å². The third-order valence-corrected chi connectivity index (χ3v) is 3.81. The topological polar surface area (TPSA) is 82.1 Å². The highest BCUT2D eigenvalue weighted by Gasteiger charge is 2.14. The third kappa shape index (κ3) is 3.18. The molecule has 0 saturated heterocycles. The quantitative estimate of drug-likeness (QED) is 0.754. The van der Waals surface area contributed by atoms with Gasteiger partial charge >= 0.3 is 0 Å². The van der Waals surface area contributed by atoms with E-state index in [4.69, 9.17) is 5.11 Å². The van der Waals surface area contributed by atoms with Crippen LogP contribution < -0.4 is 0 Å². The number of likely N-dealkylation sites (N-methyl/N-ethyl adjacent to an activating group) is 1. The van der Waals surface area contributed by atoms with Crippen LogP contribution in [0.1, 0.15) is 10.4 Å². The van der Waals surface area contributed by atoms with E-state index in [1.165, 1.54) is 4.90 Å². The Balaban J connectivity index is 1.96. The number of aromatic nitrogens is 3. The molecule has 0 fully saturated rings. The Kier molecular flexibility index (Phi) is 4.67. The predicted molar refractivity (Wildman–Crippen MR) is 91.3 cm³/mol. The molecule has 0 aliphatic rings. The molecule has 122 valence electrons. The van der Waals surface area contributed by atoms with E-state index in [1.54, 1.807) is 31.7 Å². The van der Waals surface area contributed by atoms with Gasteiger partial charge in [0.05, 0.1) is 18.5 Å². The Morgan fingerprint density at radius 3 is 2.75 bits per heavy atom. The minimum Gasteiger partial charge on any atom is -0.395 e. The van der Waals surface area contributed by atoms with Crippen LogP contribution in [0.3, 0.4) is 0 Å². The van der Waals surface area contributed by atoms with Gasteiger partial charge in [-0.2, -0.15) is 5.10 Å². The van der Waals surface area contributed by atoms with E-state index in [1.807, 2.05) is 30.3 Å². The molecule has 1 aromatic carbocycles. The van der Waals surface area contributed by atoms with Crippen LogP contribution >= 0.6 is 0 Å². The summed E-state index contributed by atoms with van der Waals surface area (Å²) in [6.07, 6.45) is 5.23. The van der Waals surface area contributed by atoms with E-state index in [0.717, 1.165) is 22.4 Å². The van der Waals surface area contributed by atoms with E-state index in [9.17, 15) is 4.79 Å². The molecule has 1 amide bonds. The summed E-state index contributed by atoms with van der Waals surface area (Å²) in [6, 6.07) is 11.2. The van der Waals surface area contributed by atoms with Gasteiger partial charge in [0.15, 0.2) is 0 Å². The smallest absolute Gasteiger partial charge is 0.253 e. The van der Waals surface area contributed by atoms with Crippen LogP contribution in [0.5, 0.6) is 0 Å². The van der Waals surface area contributed by atoms with Crippen molar-refractivity contribution in [2.45, 2.75) is 0 Å². The van der Waals surface area contributed by atoms with Gasteiger partial charge < -0.3 is 10.0 Å². The zero-order valence-corrected chi connectivity index (χ0v) is 13.3. The van der Waals surface area contributed by atoms with Crippen molar-refractivity contribution in [1.29, 1.82) is 0 Å². The van der Waals surface area contributed by atoms with Crippen molar-refractivity contribution < 1.29 is 9.90 Å². The first-order valence-corrected chi connectivity index (χ1v) is 7.61. The van der Waals surface area contributed by atoms with Crippen molar-refractivity contribution in [2.24, 2.45) is 0 Å². The SMILES string of the molecule is CN(CCO)C(=O)c1cccc(-c2[nH]ncc2-c2ccncc2)c1. The van der Waals surface area contributed by atoms with E-state index >= 15 is 0 Å². The number of benzene rings is 1. The van der Waals surface area contributed by atoms with Crippen LogP contribution in [-0.4, -0.2) is 51.3 Å². The van der Waals surface area contributed by atoms with Gasteiger partial charge in [0.1, 0.15) is 0 Å². The van der Waals surface area contributed by atoms with Crippen molar-refractivity contribution in [3.63, 3.8) is 0 Å². The fourth-order valence-electron chi connectivity index (χ4n) is 2.54. The lowest BCUT2D eigenvalue weighted by Crippen LogP contribution is -2.29. The molecule has 0 aliphatic heterocycles. The van der Waals surface area contributed by atoms with Crippen molar-refractivity contribution in [2.75, 3.05) is 20.2 Å². The number of carbonyl (C=O) groups is 1. The van der Waals surface area contributed by atoms with Crippen LogP contribution in [0.25, 0.3) is 22.4 Å². The fraction of sp³-hybridized carbons (Fsp3) is 0.167. The Hall–Kier alpha value is -2.99. The molecule has 0 saturated carbocycles. The lowest BCUT2D eigenvalue weighted by Gasteiger charge is -2.16. The predicted octanol–water partition coefficient (Wildman–Crippen LogP) is 2.20. The van der Waals surface area contributed by atoms with Crippen LogP contribution in [0.15, 0.2) is 55.0 Å². The highest BCUT2D eigenvalue weighted by molar-refractivity contribution is 5.95. The molecule has 0 bridgehead atoms. The molecule has 3 rings (SSSR count). The van der Waals surface area contributed by atoms with Gasteiger partial charge in [-0.3, -0.25) is 14.9 Å².